The van der Waals surface area contributed by atoms with Gasteiger partial charge in [0.25, 0.3) is 0 Å². The number of phenols is 1. The first-order valence-corrected chi connectivity index (χ1v) is 4.50. The molecule has 0 radical (unpaired) electrons. The van der Waals surface area contributed by atoms with E-state index in [-0.39, 0.29) is 0 Å². The largest absolute Gasteiger partial charge is 0.508 e. The smallest absolute Gasteiger partial charge is 0.120 e. The molecule has 0 spiro atoms. The summed E-state index contributed by atoms with van der Waals surface area (Å²) in [5, 5.41) is 9.54. The molecule has 0 bridgehead atoms. The first-order chi connectivity index (χ1) is 5.54. The molecule has 12 heavy (non-hydrogen) atoms. The fraction of sp³-hybridized carbons (Fsp3) is 0.400. The van der Waals surface area contributed by atoms with Gasteiger partial charge in [0.1, 0.15) is 5.75 Å². The summed E-state index contributed by atoms with van der Waals surface area (Å²) >= 11 is 4.36. The monoisotopic (exact) mass is 182 g/mol. The molecule has 0 heterocycles. The summed E-state index contributed by atoms with van der Waals surface area (Å²) in [4.78, 5) is 0.907. The Morgan fingerprint density at radius 1 is 1.33 bits per heavy atom. The molecule has 1 N–H and O–H groups in total. The summed E-state index contributed by atoms with van der Waals surface area (Å²) in [7, 11) is 0. The SMILES string of the molecule is Cc1ccc(O)c(C(C)C)c1S. The first-order valence-electron chi connectivity index (χ1n) is 4.05. The highest BCUT2D eigenvalue weighted by Crippen LogP contribution is 2.33. The van der Waals surface area contributed by atoms with Crippen molar-refractivity contribution >= 4 is 12.6 Å². The third-order valence-corrected chi connectivity index (χ3v) is 2.57. The number of thiol groups is 1. The predicted molar refractivity (Wildman–Crippen MR) is 54.2 cm³/mol. The normalized spacial score (nSPS) is 10.8. The van der Waals surface area contributed by atoms with E-state index in [4.69, 9.17) is 0 Å². The van der Waals surface area contributed by atoms with Gasteiger partial charge in [-0.25, -0.2) is 0 Å². The molecule has 0 saturated heterocycles. The van der Waals surface area contributed by atoms with Gasteiger partial charge in [0, 0.05) is 10.5 Å². The van der Waals surface area contributed by atoms with Gasteiger partial charge in [-0.2, -0.15) is 0 Å². The van der Waals surface area contributed by atoms with Gasteiger partial charge in [0.2, 0.25) is 0 Å². The number of aryl methyl sites for hydroxylation is 1. The Labute approximate surface area is 78.8 Å². The maximum absolute atomic E-state index is 9.54. The number of hydrogen-bond acceptors (Lipinski definition) is 2. The van der Waals surface area contributed by atoms with Gasteiger partial charge in [0.15, 0.2) is 0 Å². The minimum atomic E-state index is 0.317. The van der Waals surface area contributed by atoms with Crippen molar-refractivity contribution in [3.8, 4) is 5.75 Å². The summed E-state index contributed by atoms with van der Waals surface area (Å²) in [5.74, 6) is 0.665. The van der Waals surface area contributed by atoms with Gasteiger partial charge in [-0.05, 0) is 24.5 Å². The molecule has 0 aromatic heterocycles. The molecule has 0 aliphatic heterocycles. The lowest BCUT2D eigenvalue weighted by molar-refractivity contribution is 0.462. The minimum absolute atomic E-state index is 0.317. The Morgan fingerprint density at radius 2 is 1.92 bits per heavy atom. The van der Waals surface area contributed by atoms with Gasteiger partial charge >= 0.3 is 0 Å². The van der Waals surface area contributed by atoms with Crippen LogP contribution in [0.25, 0.3) is 0 Å². The number of phenolic OH excluding ortho intramolecular Hbond substituents is 1. The average Bonchev–Trinajstić information content (AvgIpc) is 1.97. The molecule has 0 aliphatic rings. The lowest BCUT2D eigenvalue weighted by atomic mass is 10.00. The second-order valence-corrected chi connectivity index (χ2v) is 3.77. The maximum Gasteiger partial charge on any atom is 0.120 e. The molecule has 66 valence electrons. The van der Waals surface area contributed by atoms with Crippen molar-refractivity contribution in [2.24, 2.45) is 0 Å². The summed E-state index contributed by atoms with van der Waals surface area (Å²) in [5.41, 5.74) is 2.05. The van der Waals surface area contributed by atoms with E-state index in [1.807, 2.05) is 26.8 Å². The topological polar surface area (TPSA) is 20.2 Å². The van der Waals surface area contributed by atoms with Crippen molar-refractivity contribution in [2.75, 3.05) is 0 Å². The average molecular weight is 182 g/mol. The van der Waals surface area contributed by atoms with Crippen LogP contribution in [0.3, 0.4) is 0 Å². The lowest BCUT2D eigenvalue weighted by Crippen LogP contribution is -1.92. The molecule has 1 rings (SSSR count). The molecule has 1 aromatic carbocycles. The van der Waals surface area contributed by atoms with Crippen LogP contribution in [-0.4, -0.2) is 5.11 Å². The Morgan fingerprint density at radius 3 is 2.33 bits per heavy atom. The quantitative estimate of drug-likeness (QED) is 0.639. The molecule has 0 fully saturated rings. The maximum atomic E-state index is 9.54. The summed E-state index contributed by atoms with van der Waals surface area (Å²) in [6.45, 7) is 6.09. The molecular weight excluding hydrogens is 168 g/mol. The van der Waals surface area contributed by atoms with E-state index in [9.17, 15) is 5.11 Å². The highest BCUT2D eigenvalue weighted by atomic mass is 32.1. The van der Waals surface area contributed by atoms with Crippen LogP contribution in [0.4, 0.5) is 0 Å². The van der Waals surface area contributed by atoms with Gasteiger partial charge in [0.05, 0.1) is 0 Å². The molecule has 0 unspecified atom stereocenters. The van der Waals surface area contributed by atoms with E-state index in [2.05, 4.69) is 12.6 Å². The standard InChI is InChI=1S/C10H14OS/c1-6(2)9-8(11)5-4-7(3)10(9)12/h4-6,11-12H,1-3H3. The van der Waals surface area contributed by atoms with E-state index in [0.717, 1.165) is 16.0 Å². The molecule has 0 amide bonds. The zero-order valence-corrected chi connectivity index (χ0v) is 8.52. The minimum Gasteiger partial charge on any atom is -0.508 e. The Kier molecular flexibility index (Phi) is 2.68. The van der Waals surface area contributed by atoms with Crippen LogP contribution in [0.5, 0.6) is 5.75 Å². The number of benzene rings is 1. The molecular formula is C10H14OS. The van der Waals surface area contributed by atoms with E-state index in [0.29, 0.717) is 11.7 Å². The number of rotatable bonds is 1. The fourth-order valence-corrected chi connectivity index (χ4v) is 1.72. The van der Waals surface area contributed by atoms with Crippen molar-refractivity contribution in [1.82, 2.24) is 0 Å². The first kappa shape index (κ1) is 9.46. The van der Waals surface area contributed by atoms with Crippen LogP contribution in [0.15, 0.2) is 17.0 Å². The van der Waals surface area contributed by atoms with Gasteiger partial charge in [-0.15, -0.1) is 12.6 Å². The van der Waals surface area contributed by atoms with Gasteiger partial charge in [-0.1, -0.05) is 19.9 Å². The van der Waals surface area contributed by atoms with Crippen molar-refractivity contribution < 1.29 is 5.11 Å². The van der Waals surface area contributed by atoms with Gasteiger partial charge in [-0.3, -0.25) is 0 Å². The zero-order chi connectivity index (χ0) is 9.30. The summed E-state index contributed by atoms with van der Waals surface area (Å²) in [6, 6.07) is 3.61. The third kappa shape index (κ3) is 1.58. The van der Waals surface area contributed by atoms with Crippen LogP contribution in [0.1, 0.15) is 30.9 Å². The molecule has 0 atom stereocenters. The highest BCUT2D eigenvalue weighted by molar-refractivity contribution is 7.80. The van der Waals surface area contributed by atoms with Crippen molar-refractivity contribution in [2.45, 2.75) is 31.6 Å². The summed E-state index contributed by atoms with van der Waals surface area (Å²) in [6.07, 6.45) is 0. The zero-order valence-electron chi connectivity index (χ0n) is 7.63. The van der Waals surface area contributed by atoms with Crippen LogP contribution in [-0.2, 0) is 0 Å². The van der Waals surface area contributed by atoms with Crippen LogP contribution in [0.2, 0.25) is 0 Å². The molecule has 2 heteroatoms. The Bertz CT molecular complexity index is 292. The number of aromatic hydroxyl groups is 1. The highest BCUT2D eigenvalue weighted by Gasteiger charge is 2.10. The third-order valence-electron chi connectivity index (χ3n) is 1.97. The number of hydrogen-bond donors (Lipinski definition) is 2. The molecule has 0 saturated carbocycles. The lowest BCUT2D eigenvalue weighted by Gasteiger charge is -2.12. The van der Waals surface area contributed by atoms with E-state index in [1.54, 1.807) is 6.07 Å². The molecule has 1 aromatic rings. The Hall–Kier alpha value is -0.630. The summed E-state index contributed by atoms with van der Waals surface area (Å²) < 4.78 is 0. The second-order valence-electron chi connectivity index (χ2n) is 3.32. The van der Waals surface area contributed by atoms with Gasteiger partial charge < -0.3 is 5.11 Å². The molecule has 0 aliphatic carbocycles. The van der Waals surface area contributed by atoms with E-state index < -0.39 is 0 Å². The van der Waals surface area contributed by atoms with E-state index in [1.165, 1.54) is 0 Å². The predicted octanol–water partition coefficient (Wildman–Crippen LogP) is 3.11. The molecule has 1 nitrogen and oxygen atoms in total. The second kappa shape index (κ2) is 3.40. The Balaban J connectivity index is 3.33. The van der Waals surface area contributed by atoms with Crippen LogP contribution >= 0.6 is 12.6 Å². The van der Waals surface area contributed by atoms with Crippen LogP contribution in [0, 0.1) is 6.92 Å². The van der Waals surface area contributed by atoms with E-state index >= 15 is 0 Å². The fourth-order valence-electron chi connectivity index (χ4n) is 1.28. The van der Waals surface area contributed by atoms with Crippen molar-refractivity contribution in [3.63, 3.8) is 0 Å². The van der Waals surface area contributed by atoms with Crippen molar-refractivity contribution in [1.29, 1.82) is 0 Å². The van der Waals surface area contributed by atoms with Crippen LogP contribution < -0.4 is 0 Å². The van der Waals surface area contributed by atoms with Crippen molar-refractivity contribution in [3.05, 3.63) is 23.3 Å².